The van der Waals surface area contributed by atoms with Crippen molar-refractivity contribution in [2.24, 2.45) is 5.92 Å². The molecule has 32 heavy (non-hydrogen) atoms. The van der Waals surface area contributed by atoms with E-state index in [1.807, 2.05) is 12.5 Å². The first-order valence-electron chi connectivity index (χ1n) is 9.39. The predicted octanol–water partition coefficient (Wildman–Crippen LogP) is 1.71. The molecule has 0 aliphatic heterocycles. The molecule has 0 heterocycles. The van der Waals surface area contributed by atoms with Crippen LogP contribution in [0.2, 0.25) is 0 Å². The average Bonchev–Trinajstić information content (AvgIpc) is 2.66. The molecule has 1 rings (SSSR count). The summed E-state index contributed by atoms with van der Waals surface area (Å²) in [5.74, 6) is -2.41. The monoisotopic (exact) mass is 515 g/mol. The van der Waals surface area contributed by atoms with Gasteiger partial charge in [-0.1, -0.05) is 0 Å². The van der Waals surface area contributed by atoms with Crippen LogP contribution < -0.4 is 5.32 Å². The number of benzene rings is 1. The lowest BCUT2D eigenvalue weighted by Gasteiger charge is -2.29. The minimum absolute atomic E-state index is 0.138. The summed E-state index contributed by atoms with van der Waals surface area (Å²) in [6.07, 6.45) is 4.65. The van der Waals surface area contributed by atoms with Crippen LogP contribution in [0.3, 0.4) is 0 Å². The number of nitrogens with one attached hydrogen (secondary N) is 1. The molecule has 11 nitrogen and oxygen atoms in total. The Labute approximate surface area is 189 Å². The summed E-state index contributed by atoms with van der Waals surface area (Å²) in [6, 6.07) is 5.08. The molecule has 14 heteroatoms. The lowest BCUT2D eigenvalue weighted by molar-refractivity contribution is -0.143. The zero-order chi connectivity index (χ0) is 24.6. The molecule has 0 aliphatic carbocycles. The molecule has 1 amide bonds. The van der Waals surface area contributed by atoms with Crippen LogP contribution in [-0.2, 0) is 38.2 Å². The van der Waals surface area contributed by atoms with E-state index >= 15 is 0 Å². The van der Waals surface area contributed by atoms with Crippen LogP contribution in [0.5, 0.6) is 0 Å². The summed E-state index contributed by atoms with van der Waals surface area (Å²) in [5.41, 5.74) is 0.275. The van der Waals surface area contributed by atoms with Crippen LogP contribution in [0.25, 0.3) is 0 Å². The standard InChI is InChI=1S/C18H29NO10S3/c1-28-30(2,3)11-4-5-14(18(21)22)13-17(20)19-15-6-8-16(9-7-15)31(23,24)12-10-29-32(25,26)27/h6-9,14H,4-5,10-13H2,1-3H3,(H,19,20)(H,21,22)(H,25,26,27). The van der Waals surface area contributed by atoms with Crippen molar-refractivity contribution in [2.75, 3.05) is 43.1 Å². The highest BCUT2D eigenvalue weighted by Gasteiger charge is 2.23. The Hall–Kier alpha value is -1.71. The lowest BCUT2D eigenvalue weighted by Crippen LogP contribution is -2.23. The van der Waals surface area contributed by atoms with Crippen molar-refractivity contribution in [1.29, 1.82) is 0 Å². The van der Waals surface area contributed by atoms with E-state index in [0.29, 0.717) is 12.8 Å². The van der Waals surface area contributed by atoms with E-state index < -0.39 is 60.7 Å². The molecule has 0 aliphatic rings. The van der Waals surface area contributed by atoms with Crippen LogP contribution in [0, 0.1) is 5.92 Å². The molecule has 0 aromatic heterocycles. The van der Waals surface area contributed by atoms with Gasteiger partial charge in [-0.25, -0.2) is 12.6 Å². The number of amides is 1. The second kappa shape index (κ2) is 12.0. The van der Waals surface area contributed by atoms with E-state index in [1.54, 1.807) is 7.11 Å². The number of carbonyl (C=O) groups is 2. The maximum atomic E-state index is 12.3. The third-order valence-corrected chi connectivity index (χ3v) is 8.84. The van der Waals surface area contributed by atoms with Crippen molar-refractivity contribution < 1.29 is 44.5 Å². The Bertz CT molecular complexity index is 988. The van der Waals surface area contributed by atoms with E-state index in [-0.39, 0.29) is 17.0 Å². The Kier molecular flexibility index (Phi) is 10.6. The molecule has 3 N–H and O–H groups in total. The molecular weight excluding hydrogens is 486 g/mol. The van der Waals surface area contributed by atoms with E-state index in [2.05, 4.69) is 9.50 Å². The van der Waals surface area contributed by atoms with Gasteiger partial charge in [0, 0.05) is 19.2 Å². The number of rotatable bonds is 14. The van der Waals surface area contributed by atoms with Crippen LogP contribution in [0.4, 0.5) is 5.69 Å². The number of carbonyl (C=O) groups excluding carboxylic acids is 1. The summed E-state index contributed by atoms with van der Waals surface area (Å²) in [6.45, 7) is -0.751. The second-order valence-corrected chi connectivity index (χ2v) is 14.1. The molecule has 0 radical (unpaired) electrons. The first-order valence-corrected chi connectivity index (χ1v) is 15.0. The minimum Gasteiger partial charge on any atom is -0.481 e. The zero-order valence-electron chi connectivity index (χ0n) is 18.0. The van der Waals surface area contributed by atoms with Gasteiger partial charge in [0.05, 0.1) is 23.2 Å². The number of anilines is 1. The third kappa shape index (κ3) is 10.7. The smallest absolute Gasteiger partial charge is 0.397 e. The van der Waals surface area contributed by atoms with Gasteiger partial charge in [-0.2, -0.15) is 8.42 Å². The maximum absolute atomic E-state index is 12.3. The van der Waals surface area contributed by atoms with Gasteiger partial charge in [0.1, 0.15) is 0 Å². The van der Waals surface area contributed by atoms with Crippen molar-refractivity contribution >= 4 is 48.1 Å². The molecule has 1 unspecified atom stereocenters. The Balaban J connectivity index is 2.65. The van der Waals surface area contributed by atoms with Gasteiger partial charge in [0.2, 0.25) is 5.91 Å². The molecular formula is C18H29NO10S3. The van der Waals surface area contributed by atoms with E-state index in [4.69, 9.17) is 8.74 Å². The summed E-state index contributed by atoms with van der Waals surface area (Å²) < 4.78 is 63.1. The van der Waals surface area contributed by atoms with Gasteiger partial charge in [-0.3, -0.25) is 14.1 Å². The first kappa shape index (κ1) is 28.3. The van der Waals surface area contributed by atoms with Crippen LogP contribution in [0.15, 0.2) is 29.2 Å². The summed E-state index contributed by atoms with van der Waals surface area (Å²) in [4.78, 5) is 23.6. The number of aliphatic carboxylic acids is 1. The summed E-state index contributed by atoms with van der Waals surface area (Å²) >= 11 is 0. The summed E-state index contributed by atoms with van der Waals surface area (Å²) in [5, 5.41) is 11.9. The third-order valence-electron chi connectivity index (χ3n) is 4.50. The first-order chi connectivity index (χ1) is 14.6. The number of hydrogen-bond donors (Lipinski definition) is 3. The maximum Gasteiger partial charge on any atom is 0.397 e. The number of carboxylic acid groups (broad SMARTS) is 1. The largest absolute Gasteiger partial charge is 0.481 e. The minimum atomic E-state index is -4.74. The summed E-state index contributed by atoms with van der Waals surface area (Å²) in [7, 11) is -8.25. The van der Waals surface area contributed by atoms with Gasteiger partial charge in [-0.05, 0) is 55.4 Å². The molecule has 1 aromatic carbocycles. The topological polar surface area (TPSA) is 173 Å². The van der Waals surface area contributed by atoms with E-state index in [9.17, 15) is 31.5 Å². The van der Waals surface area contributed by atoms with Gasteiger partial charge in [0.25, 0.3) is 0 Å². The van der Waals surface area contributed by atoms with Crippen LogP contribution in [0.1, 0.15) is 19.3 Å². The fraction of sp³-hybridized carbons (Fsp3) is 0.556. The molecule has 1 aromatic rings. The Morgan fingerprint density at radius 3 is 2.16 bits per heavy atom. The number of carboxylic acids is 1. The van der Waals surface area contributed by atoms with Crippen molar-refractivity contribution in [1.82, 2.24) is 0 Å². The normalized spacial score (nSPS) is 14.0. The second-order valence-electron chi connectivity index (χ2n) is 7.33. The highest BCUT2D eigenvalue weighted by Crippen LogP contribution is 2.41. The van der Waals surface area contributed by atoms with Crippen molar-refractivity contribution in [3.8, 4) is 0 Å². The molecule has 184 valence electrons. The molecule has 0 bridgehead atoms. The molecule has 0 saturated heterocycles. The molecule has 0 fully saturated rings. The highest BCUT2D eigenvalue weighted by atomic mass is 32.3. The zero-order valence-corrected chi connectivity index (χ0v) is 20.5. The average molecular weight is 516 g/mol. The van der Waals surface area contributed by atoms with Crippen molar-refractivity contribution in [3.63, 3.8) is 0 Å². The fourth-order valence-corrected chi connectivity index (χ4v) is 5.14. The molecule has 1 atom stereocenters. The Morgan fingerprint density at radius 2 is 1.66 bits per heavy atom. The van der Waals surface area contributed by atoms with Crippen LogP contribution in [-0.4, -0.2) is 76.1 Å². The van der Waals surface area contributed by atoms with Crippen molar-refractivity contribution in [2.45, 2.75) is 24.2 Å². The lowest BCUT2D eigenvalue weighted by atomic mass is 9.99. The molecule has 0 spiro atoms. The van der Waals surface area contributed by atoms with Gasteiger partial charge < -0.3 is 14.6 Å². The fourth-order valence-electron chi connectivity index (χ4n) is 2.62. The van der Waals surface area contributed by atoms with Crippen molar-refractivity contribution in [3.05, 3.63) is 24.3 Å². The number of sulfone groups is 1. The molecule has 0 saturated carbocycles. The Morgan fingerprint density at radius 1 is 1.06 bits per heavy atom. The highest BCUT2D eigenvalue weighted by molar-refractivity contribution is 8.28. The van der Waals surface area contributed by atoms with Crippen LogP contribution >= 0.6 is 10.3 Å². The van der Waals surface area contributed by atoms with Gasteiger partial charge >= 0.3 is 16.4 Å². The van der Waals surface area contributed by atoms with E-state index in [1.165, 1.54) is 24.3 Å². The predicted molar refractivity (Wildman–Crippen MR) is 121 cm³/mol. The van der Waals surface area contributed by atoms with Gasteiger partial charge in [-0.15, -0.1) is 10.3 Å². The quantitative estimate of drug-likeness (QED) is 0.309. The van der Waals surface area contributed by atoms with Gasteiger partial charge in [0.15, 0.2) is 9.84 Å². The SMILES string of the molecule is COS(C)(C)CCCC(CC(=O)Nc1ccc(S(=O)(=O)CCOS(=O)(=O)O)cc1)C(=O)O. The van der Waals surface area contributed by atoms with E-state index in [0.717, 1.165) is 5.75 Å². The number of hydrogen-bond acceptors (Lipinski definition) is 8.